The Morgan fingerprint density at radius 3 is 2.55 bits per heavy atom. The van der Waals surface area contributed by atoms with Gasteiger partial charge in [0.05, 0.1) is 0 Å². The molecule has 1 aromatic heterocycles. The average molecular weight is 428 g/mol. The summed E-state index contributed by atoms with van der Waals surface area (Å²) >= 11 is 0. The zero-order valence-corrected chi connectivity index (χ0v) is 18.4. The lowest BCUT2D eigenvalue weighted by Gasteiger charge is -2.36. The lowest BCUT2D eigenvalue weighted by molar-refractivity contribution is 0.0636. The fourth-order valence-electron chi connectivity index (χ4n) is 5.21. The van der Waals surface area contributed by atoms with E-state index in [4.69, 9.17) is 0 Å². The number of amides is 1. The van der Waals surface area contributed by atoms with Crippen molar-refractivity contribution >= 4 is 5.91 Å². The summed E-state index contributed by atoms with van der Waals surface area (Å²) in [5, 5.41) is 10.4. The van der Waals surface area contributed by atoms with Crippen LogP contribution in [0.3, 0.4) is 0 Å². The zero-order chi connectivity index (χ0) is 22.3. The smallest absolute Gasteiger partial charge is 0.315 e. The minimum Gasteiger partial charge on any atom is -0.501 e. The highest BCUT2D eigenvalue weighted by molar-refractivity contribution is 5.95. The molecule has 1 fully saturated rings. The Kier molecular flexibility index (Phi) is 5.62. The number of fused-ring (bicyclic) bond motifs is 1. The highest BCUT2D eigenvalue weighted by Gasteiger charge is 2.41. The Hall–Kier alpha value is -2.70. The molecule has 0 radical (unpaired) electrons. The maximum Gasteiger partial charge on any atom is 0.315 e. The van der Waals surface area contributed by atoms with Crippen molar-refractivity contribution < 1.29 is 14.3 Å². The quantitative estimate of drug-likeness (QED) is 0.792. The van der Waals surface area contributed by atoms with Gasteiger partial charge in [-0.2, -0.15) is 4.98 Å². The maximum atomic E-state index is 15.0. The van der Waals surface area contributed by atoms with Gasteiger partial charge in [0.15, 0.2) is 5.69 Å². The summed E-state index contributed by atoms with van der Waals surface area (Å²) in [5.41, 5.74) is 0.488. The Morgan fingerprint density at radius 1 is 1.19 bits per heavy atom. The lowest BCUT2D eigenvalue weighted by Crippen LogP contribution is -2.47. The second kappa shape index (κ2) is 8.09. The third kappa shape index (κ3) is 3.64. The summed E-state index contributed by atoms with van der Waals surface area (Å²) in [6, 6.07) is 5.25. The maximum absolute atomic E-state index is 15.0. The molecule has 0 bridgehead atoms. The van der Waals surface area contributed by atoms with E-state index in [1.165, 1.54) is 6.07 Å². The Labute approximate surface area is 181 Å². The van der Waals surface area contributed by atoms with Crippen LogP contribution in [0.1, 0.15) is 73.9 Å². The standard InChI is InChI=1S/C24H30FN3O3/c1-4-16-7-8-18(25)17(13-16)24(9-5-6-10-24)14-19-26-22(30)21(29)20-23(31)27(15(2)3)11-12-28(19)20/h7-8,13,15,29H,4-6,9-12,14H2,1-3H3. The van der Waals surface area contributed by atoms with Crippen LogP contribution in [0.2, 0.25) is 0 Å². The van der Waals surface area contributed by atoms with Crippen LogP contribution >= 0.6 is 0 Å². The minimum atomic E-state index is -0.795. The van der Waals surface area contributed by atoms with Gasteiger partial charge < -0.3 is 14.6 Å². The molecule has 166 valence electrons. The van der Waals surface area contributed by atoms with Crippen LogP contribution in [-0.2, 0) is 24.8 Å². The molecule has 1 N–H and O–H groups in total. The van der Waals surface area contributed by atoms with Crippen molar-refractivity contribution in [3.63, 3.8) is 0 Å². The SMILES string of the molecule is CCc1ccc(F)c(C2(Cc3nc(=O)c(O)c4n3CCN(C(C)C)C4=O)CCCC2)c1. The number of aromatic nitrogens is 2. The minimum absolute atomic E-state index is 0.00544. The first-order valence-electron chi connectivity index (χ1n) is 11.2. The molecule has 2 aromatic rings. The van der Waals surface area contributed by atoms with Gasteiger partial charge in [-0.25, -0.2) is 4.39 Å². The van der Waals surface area contributed by atoms with Gasteiger partial charge in [0.1, 0.15) is 11.6 Å². The number of hydrogen-bond donors (Lipinski definition) is 1. The molecule has 1 saturated carbocycles. The van der Waals surface area contributed by atoms with Crippen molar-refractivity contribution in [1.82, 2.24) is 14.5 Å². The van der Waals surface area contributed by atoms with Gasteiger partial charge in [-0.05, 0) is 50.3 Å². The monoisotopic (exact) mass is 427 g/mol. The van der Waals surface area contributed by atoms with Crippen molar-refractivity contribution in [2.75, 3.05) is 6.54 Å². The van der Waals surface area contributed by atoms with Crippen molar-refractivity contribution in [1.29, 1.82) is 0 Å². The molecule has 2 aliphatic rings. The van der Waals surface area contributed by atoms with Crippen LogP contribution in [0.15, 0.2) is 23.0 Å². The van der Waals surface area contributed by atoms with Gasteiger partial charge in [0, 0.05) is 31.0 Å². The third-order valence-corrected chi connectivity index (χ3v) is 6.96. The number of aryl methyl sites for hydroxylation is 1. The van der Waals surface area contributed by atoms with Gasteiger partial charge >= 0.3 is 5.56 Å². The summed E-state index contributed by atoms with van der Waals surface area (Å²) in [5.74, 6) is -0.739. The zero-order valence-electron chi connectivity index (χ0n) is 18.4. The van der Waals surface area contributed by atoms with Gasteiger partial charge in [-0.15, -0.1) is 0 Å². The van der Waals surface area contributed by atoms with Gasteiger partial charge in [-0.1, -0.05) is 31.9 Å². The lowest BCUT2D eigenvalue weighted by atomic mass is 9.75. The van der Waals surface area contributed by atoms with Crippen molar-refractivity contribution in [2.45, 2.75) is 77.3 Å². The first kappa shape index (κ1) is 21.5. The number of nitrogens with zero attached hydrogens (tertiary/aromatic N) is 3. The largest absolute Gasteiger partial charge is 0.501 e. The predicted octanol–water partition coefficient (Wildman–Crippen LogP) is 3.57. The number of aromatic hydroxyl groups is 1. The number of benzene rings is 1. The molecule has 1 aliphatic carbocycles. The molecule has 31 heavy (non-hydrogen) atoms. The summed E-state index contributed by atoms with van der Waals surface area (Å²) < 4.78 is 16.7. The summed E-state index contributed by atoms with van der Waals surface area (Å²) in [7, 11) is 0. The predicted molar refractivity (Wildman–Crippen MR) is 116 cm³/mol. The van der Waals surface area contributed by atoms with Crippen LogP contribution in [0.5, 0.6) is 5.75 Å². The van der Waals surface area contributed by atoms with Gasteiger partial charge in [0.2, 0.25) is 5.75 Å². The highest BCUT2D eigenvalue weighted by Crippen LogP contribution is 2.45. The van der Waals surface area contributed by atoms with Gasteiger partial charge in [-0.3, -0.25) is 9.59 Å². The van der Waals surface area contributed by atoms with Crippen LogP contribution in [0.25, 0.3) is 0 Å². The molecule has 6 nitrogen and oxygen atoms in total. The van der Waals surface area contributed by atoms with E-state index >= 15 is 4.39 Å². The number of carbonyl (C=O) groups is 1. The molecule has 0 atom stereocenters. The third-order valence-electron chi connectivity index (χ3n) is 6.96. The summed E-state index contributed by atoms with van der Waals surface area (Å²) in [6.07, 6.45) is 4.74. The van der Waals surface area contributed by atoms with Crippen molar-refractivity contribution in [3.05, 3.63) is 57.0 Å². The van der Waals surface area contributed by atoms with Gasteiger partial charge in [0.25, 0.3) is 5.91 Å². The van der Waals surface area contributed by atoms with E-state index in [0.717, 1.165) is 37.7 Å². The molecule has 1 amide bonds. The topological polar surface area (TPSA) is 75.4 Å². The molecule has 0 spiro atoms. The number of carbonyl (C=O) groups excluding carboxylic acids is 1. The summed E-state index contributed by atoms with van der Waals surface area (Å²) in [4.78, 5) is 31.3. The van der Waals surface area contributed by atoms with E-state index in [2.05, 4.69) is 4.98 Å². The Bertz CT molecular complexity index is 1070. The molecule has 0 saturated heterocycles. The Morgan fingerprint density at radius 2 is 1.90 bits per heavy atom. The molecular formula is C24H30FN3O3. The van der Waals surface area contributed by atoms with E-state index in [1.54, 1.807) is 9.47 Å². The normalized spacial score (nSPS) is 18.0. The van der Waals surface area contributed by atoms with E-state index in [1.807, 2.05) is 32.9 Å². The average Bonchev–Trinajstić information content (AvgIpc) is 3.21. The van der Waals surface area contributed by atoms with E-state index < -0.39 is 16.7 Å². The fraction of sp³-hybridized carbons (Fsp3) is 0.542. The molecule has 4 rings (SSSR count). The van der Waals surface area contributed by atoms with Crippen LogP contribution < -0.4 is 5.56 Å². The van der Waals surface area contributed by atoms with Crippen molar-refractivity contribution in [2.24, 2.45) is 0 Å². The second-order valence-corrected chi connectivity index (χ2v) is 9.11. The highest BCUT2D eigenvalue weighted by atomic mass is 19.1. The van der Waals surface area contributed by atoms with Crippen LogP contribution in [0.4, 0.5) is 4.39 Å². The molecule has 1 aliphatic heterocycles. The summed E-state index contributed by atoms with van der Waals surface area (Å²) in [6.45, 7) is 6.78. The number of halogens is 1. The molecule has 1 aromatic carbocycles. The fourth-order valence-corrected chi connectivity index (χ4v) is 5.21. The van der Waals surface area contributed by atoms with Crippen molar-refractivity contribution in [3.8, 4) is 5.75 Å². The molecule has 0 unspecified atom stereocenters. The number of hydrogen-bond acceptors (Lipinski definition) is 4. The van der Waals surface area contributed by atoms with E-state index in [0.29, 0.717) is 30.9 Å². The van der Waals surface area contributed by atoms with E-state index in [-0.39, 0.29) is 23.5 Å². The Balaban J connectivity index is 1.83. The second-order valence-electron chi connectivity index (χ2n) is 9.11. The van der Waals surface area contributed by atoms with Crippen LogP contribution in [-0.4, -0.2) is 38.1 Å². The van der Waals surface area contributed by atoms with Crippen LogP contribution in [0, 0.1) is 5.82 Å². The molecular weight excluding hydrogens is 397 g/mol. The first-order chi connectivity index (χ1) is 14.8. The number of rotatable bonds is 5. The van der Waals surface area contributed by atoms with E-state index in [9.17, 15) is 14.7 Å². The first-order valence-corrected chi connectivity index (χ1v) is 11.2. The molecule has 7 heteroatoms. The molecule has 2 heterocycles.